The van der Waals surface area contributed by atoms with E-state index in [4.69, 9.17) is 0 Å². The van der Waals surface area contributed by atoms with Crippen LogP contribution in [0.4, 0.5) is 17.1 Å². The van der Waals surface area contributed by atoms with Gasteiger partial charge in [0.05, 0.1) is 11.0 Å². The van der Waals surface area contributed by atoms with E-state index in [1.807, 2.05) is 0 Å². The molecule has 64 heavy (non-hydrogen) atoms. The van der Waals surface area contributed by atoms with Crippen molar-refractivity contribution < 1.29 is 0 Å². The van der Waals surface area contributed by atoms with Gasteiger partial charge in [-0.2, -0.15) is 0 Å². The molecule has 0 unspecified atom stereocenters. The Bertz CT molecular complexity index is 3670. The van der Waals surface area contributed by atoms with Crippen molar-refractivity contribution in [3.8, 4) is 39.1 Å². The summed E-state index contributed by atoms with van der Waals surface area (Å²) in [5.41, 5.74) is 16.8. The van der Waals surface area contributed by atoms with E-state index < -0.39 is 0 Å². The van der Waals surface area contributed by atoms with Crippen molar-refractivity contribution in [1.82, 2.24) is 4.57 Å². The van der Waals surface area contributed by atoms with Crippen LogP contribution in [0.5, 0.6) is 0 Å². The molecule has 0 amide bonds. The number of aromatic nitrogens is 1. The first-order chi connectivity index (χ1) is 31.6. The molecule has 0 aliphatic rings. The van der Waals surface area contributed by atoms with Gasteiger partial charge >= 0.3 is 0 Å². The fourth-order valence-electron chi connectivity index (χ4n) is 10.3. The van der Waals surface area contributed by atoms with Gasteiger partial charge in [-0.1, -0.05) is 170 Å². The van der Waals surface area contributed by atoms with Crippen LogP contribution in [0.3, 0.4) is 0 Å². The van der Waals surface area contributed by atoms with Gasteiger partial charge in [0.15, 0.2) is 0 Å². The molecule has 12 aromatic rings. The van der Waals surface area contributed by atoms with Crippen LogP contribution in [0.1, 0.15) is 11.1 Å². The van der Waals surface area contributed by atoms with Crippen molar-refractivity contribution >= 4 is 71.2 Å². The number of para-hydroxylation sites is 2. The van der Waals surface area contributed by atoms with E-state index in [0.717, 1.165) is 22.7 Å². The van der Waals surface area contributed by atoms with Crippen LogP contribution in [0.15, 0.2) is 231 Å². The SMILES string of the molecule is Cc1cc(N(c2ccc(-c3cccc4ccccc34)cc2)c2ccc3c(c2)c2ccccc2n3-c2ccccc2)c(C)cc1-c1c2ccccc2c(-c2ccccc2)c2ccccc12. The minimum atomic E-state index is 1.11. The summed E-state index contributed by atoms with van der Waals surface area (Å²) >= 11 is 0. The van der Waals surface area contributed by atoms with Gasteiger partial charge in [-0.3, -0.25) is 0 Å². The standard InChI is InChI=1S/C62H44N2/c1-41-39-60(42(2)38-56(41)62-54-28-13-11-26-52(54)61(45-19-5-3-6-20-45)53-27-12-14-29-55(53)62)63(47-34-32-44(33-35-47)50-30-17-21-43-18-9-10-24-49(43)50)48-36-37-59-57(40-48)51-25-15-16-31-58(51)64(59)46-22-7-4-8-23-46/h3-40H,1-2H3. The summed E-state index contributed by atoms with van der Waals surface area (Å²) in [5.74, 6) is 0. The second kappa shape index (κ2) is 15.3. The second-order valence-corrected chi connectivity index (χ2v) is 17.0. The van der Waals surface area contributed by atoms with Gasteiger partial charge in [0, 0.05) is 33.5 Å². The molecule has 1 aromatic heterocycles. The summed E-state index contributed by atoms with van der Waals surface area (Å²) in [6.07, 6.45) is 0. The molecule has 0 saturated heterocycles. The second-order valence-electron chi connectivity index (χ2n) is 17.0. The third kappa shape index (κ3) is 6.10. The van der Waals surface area contributed by atoms with Crippen LogP contribution >= 0.6 is 0 Å². The fraction of sp³-hybridized carbons (Fsp3) is 0.0323. The third-order valence-corrected chi connectivity index (χ3v) is 13.2. The highest BCUT2D eigenvalue weighted by atomic mass is 15.1. The Morgan fingerprint density at radius 2 is 0.875 bits per heavy atom. The Balaban J connectivity index is 1.07. The zero-order valence-electron chi connectivity index (χ0n) is 35.8. The Morgan fingerprint density at radius 1 is 0.328 bits per heavy atom. The fourth-order valence-corrected chi connectivity index (χ4v) is 10.3. The Hall–Kier alpha value is -8.20. The van der Waals surface area contributed by atoms with E-state index in [1.54, 1.807) is 0 Å². The molecule has 1 heterocycles. The summed E-state index contributed by atoms with van der Waals surface area (Å²) in [7, 11) is 0. The first-order valence-electron chi connectivity index (χ1n) is 22.2. The molecule has 0 saturated carbocycles. The summed E-state index contributed by atoms with van der Waals surface area (Å²) in [6.45, 7) is 4.56. The minimum absolute atomic E-state index is 1.11. The average Bonchev–Trinajstić information content (AvgIpc) is 3.68. The Morgan fingerprint density at radius 3 is 1.58 bits per heavy atom. The van der Waals surface area contributed by atoms with Gasteiger partial charge in [-0.25, -0.2) is 0 Å². The van der Waals surface area contributed by atoms with E-state index in [9.17, 15) is 0 Å². The van der Waals surface area contributed by atoms with E-state index in [-0.39, 0.29) is 0 Å². The number of benzene rings is 11. The molecular weight excluding hydrogens is 773 g/mol. The largest absolute Gasteiger partial charge is 0.310 e. The highest BCUT2D eigenvalue weighted by Crippen LogP contribution is 2.47. The molecular formula is C62H44N2. The monoisotopic (exact) mass is 816 g/mol. The number of hydrogen-bond donors (Lipinski definition) is 0. The Labute approximate surface area is 373 Å². The molecule has 12 rings (SSSR count). The van der Waals surface area contributed by atoms with Gasteiger partial charge in [0.1, 0.15) is 0 Å². The normalized spacial score (nSPS) is 11.6. The molecule has 0 atom stereocenters. The van der Waals surface area contributed by atoms with Crippen LogP contribution in [0.25, 0.3) is 93.2 Å². The minimum Gasteiger partial charge on any atom is -0.310 e. The molecule has 0 radical (unpaired) electrons. The van der Waals surface area contributed by atoms with Crippen LogP contribution in [0.2, 0.25) is 0 Å². The van der Waals surface area contributed by atoms with Gasteiger partial charge < -0.3 is 9.47 Å². The van der Waals surface area contributed by atoms with Gasteiger partial charge in [-0.05, 0) is 151 Å². The van der Waals surface area contributed by atoms with Crippen molar-refractivity contribution in [2.75, 3.05) is 4.90 Å². The Kier molecular flexibility index (Phi) is 8.98. The van der Waals surface area contributed by atoms with Crippen LogP contribution in [-0.2, 0) is 0 Å². The molecule has 0 bridgehead atoms. The first-order valence-corrected chi connectivity index (χ1v) is 22.2. The number of fused-ring (bicyclic) bond motifs is 6. The molecule has 0 aliphatic carbocycles. The van der Waals surface area contributed by atoms with E-state index in [0.29, 0.717) is 0 Å². The third-order valence-electron chi connectivity index (χ3n) is 13.2. The molecule has 0 aliphatic heterocycles. The summed E-state index contributed by atoms with van der Waals surface area (Å²) in [4.78, 5) is 2.46. The van der Waals surface area contributed by atoms with Crippen LogP contribution in [-0.4, -0.2) is 4.57 Å². The molecule has 11 aromatic carbocycles. The summed E-state index contributed by atoms with van der Waals surface area (Å²) in [6, 6.07) is 84.5. The molecule has 0 spiro atoms. The van der Waals surface area contributed by atoms with Crippen LogP contribution < -0.4 is 4.90 Å². The maximum atomic E-state index is 2.46. The predicted octanol–water partition coefficient (Wildman–Crippen LogP) is 17.3. The highest BCUT2D eigenvalue weighted by Gasteiger charge is 2.23. The number of anilines is 3. The lowest BCUT2D eigenvalue weighted by molar-refractivity contribution is 1.18. The van der Waals surface area contributed by atoms with E-state index in [1.165, 1.54) is 98.6 Å². The maximum Gasteiger partial charge on any atom is 0.0542 e. The topological polar surface area (TPSA) is 8.17 Å². The van der Waals surface area contributed by atoms with E-state index in [2.05, 4.69) is 254 Å². The number of aryl methyl sites for hydroxylation is 2. The lowest BCUT2D eigenvalue weighted by atomic mass is 9.84. The lowest BCUT2D eigenvalue weighted by Gasteiger charge is -2.29. The van der Waals surface area contributed by atoms with Gasteiger partial charge in [-0.15, -0.1) is 0 Å². The molecule has 0 N–H and O–H groups in total. The van der Waals surface area contributed by atoms with Crippen molar-refractivity contribution in [3.63, 3.8) is 0 Å². The van der Waals surface area contributed by atoms with Crippen molar-refractivity contribution in [2.45, 2.75) is 13.8 Å². The first kappa shape index (κ1) is 37.6. The highest BCUT2D eigenvalue weighted by molar-refractivity contribution is 6.22. The quantitative estimate of drug-likeness (QED) is 0.146. The van der Waals surface area contributed by atoms with Gasteiger partial charge in [0.25, 0.3) is 0 Å². The van der Waals surface area contributed by atoms with Crippen LogP contribution in [0, 0.1) is 13.8 Å². The molecule has 302 valence electrons. The van der Waals surface area contributed by atoms with Crippen molar-refractivity contribution in [3.05, 3.63) is 242 Å². The summed E-state index contributed by atoms with van der Waals surface area (Å²) in [5, 5.41) is 10.0. The molecule has 2 heteroatoms. The van der Waals surface area contributed by atoms with Crippen molar-refractivity contribution in [2.24, 2.45) is 0 Å². The number of nitrogens with zero attached hydrogens (tertiary/aromatic N) is 2. The molecule has 0 fully saturated rings. The number of rotatable bonds is 7. The average molecular weight is 817 g/mol. The van der Waals surface area contributed by atoms with Gasteiger partial charge in [0.2, 0.25) is 0 Å². The smallest absolute Gasteiger partial charge is 0.0542 e. The lowest BCUT2D eigenvalue weighted by Crippen LogP contribution is -2.12. The predicted molar refractivity (Wildman–Crippen MR) is 274 cm³/mol. The summed E-state index contributed by atoms with van der Waals surface area (Å²) < 4.78 is 2.39. The zero-order valence-corrected chi connectivity index (χ0v) is 35.8. The van der Waals surface area contributed by atoms with E-state index >= 15 is 0 Å². The molecule has 2 nitrogen and oxygen atoms in total. The number of hydrogen-bond acceptors (Lipinski definition) is 1. The zero-order chi connectivity index (χ0) is 42.7. The maximum absolute atomic E-state index is 2.46. The van der Waals surface area contributed by atoms with Crippen molar-refractivity contribution in [1.29, 1.82) is 0 Å².